The van der Waals surface area contributed by atoms with Gasteiger partial charge >= 0.3 is 0 Å². The van der Waals surface area contributed by atoms with Gasteiger partial charge in [-0.25, -0.2) is 0 Å². The predicted octanol–water partition coefficient (Wildman–Crippen LogP) is 1.40. The van der Waals surface area contributed by atoms with Crippen molar-refractivity contribution in [2.45, 2.75) is 38.1 Å². The lowest BCUT2D eigenvalue weighted by Crippen LogP contribution is -2.36. The maximum absolute atomic E-state index is 11.9. The molecule has 0 aliphatic heterocycles. The van der Waals surface area contributed by atoms with Gasteiger partial charge in [0.2, 0.25) is 11.8 Å². The van der Waals surface area contributed by atoms with Crippen LogP contribution in [0.25, 0.3) is 0 Å². The molecule has 0 fully saturated rings. The summed E-state index contributed by atoms with van der Waals surface area (Å²) in [6.45, 7) is 0.486. The van der Waals surface area contributed by atoms with Crippen molar-refractivity contribution in [2.75, 3.05) is 6.54 Å². The number of nitrogens with one attached hydrogen (secondary N) is 1. The zero-order chi connectivity index (χ0) is 17.2. The molecule has 1 aromatic rings. The lowest BCUT2D eigenvalue weighted by molar-refractivity contribution is -0.121. The zero-order valence-corrected chi connectivity index (χ0v) is 13.6. The van der Waals surface area contributed by atoms with E-state index in [0.29, 0.717) is 36.4 Å². The Hall–Kier alpha value is -1.92. The molecule has 23 heavy (non-hydrogen) atoms. The fourth-order valence-electron chi connectivity index (χ4n) is 1.95. The molecule has 0 aromatic heterocycles. The van der Waals surface area contributed by atoms with Gasteiger partial charge in [-0.05, 0) is 43.5 Å². The van der Waals surface area contributed by atoms with E-state index in [1.54, 1.807) is 24.3 Å². The van der Waals surface area contributed by atoms with E-state index >= 15 is 0 Å². The number of unbranched alkanes of at least 4 members (excludes halogenated alkanes) is 1. The lowest BCUT2D eigenvalue weighted by Gasteiger charge is -2.08. The van der Waals surface area contributed by atoms with Crippen molar-refractivity contribution in [2.24, 2.45) is 11.5 Å². The molecule has 0 saturated heterocycles. The molecule has 0 saturated carbocycles. The summed E-state index contributed by atoms with van der Waals surface area (Å²) in [6.07, 6.45) is 2.20. The third-order valence-corrected chi connectivity index (χ3v) is 3.63. The first kappa shape index (κ1) is 19.1. The van der Waals surface area contributed by atoms with E-state index in [9.17, 15) is 14.4 Å². The molecule has 1 atom stereocenters. The van der Waals surface area contributed by atoms with E-state index in [-0.39, 0.29) is 24.5 Å². The topological polar surface area (TPSA) is 115 Å². The largest absolute Gasteiger partial charge is 0.368 e. The van der Waals surface area contributed by atoms with Crippen molar-refractivity contribution in [3.63, 3.8) is 0 Å². The Balaban J connectivity index is 2.16. The minimum atomic E-state index is -0.636. The lowest BCUT2D eigenvalue weighted by atomic mass is 10.1. The van der Waals surface area contributed by atoms with Crippen molar-refractivity contribution >= 4 is 29.2 Å². The van der Waals surface area contributed by atoms with Crippen LogP contribution >= 0.6 is 11.6 Å². The van der Waals surface area contributed by atoms with Crippen LogP contribution in [0.2, 0.25) is 5.02 Å². The summed E-state index contributed by atoms with van der Waals surface area (Å²) in [6, 6.07) is 5.94. The van der Waals surface area contributed by atoms with E-state index in [1.807, 2.05) is 0 Å². The van der Waals surface area contributed by atoms with Gasteiger partial charge in [-0.1, -0.05) is 11.6 Å². The highest BCUT2D eigenvalue weighted by molar-refractivity contribution is 6.30. The van der Waals surface area contributed by atoms with Gasteiger partial charge in [0.05, 0.1) is 6.04 Å². The first-order chi connectivity index (χ1) is 10.9. The molecule has 0 bridgehead atoms. The van der Waals surface area contributed by atoms with Crippen LogP contribution in [0.4, 0.5) is 0 Å². The minimum absolute atomic E-state index is 0.0933. The third-order valence-electron chi connectivity index (χ3n) is 3.37. The number of nitrogens with two attached hydrogens (primary N) is 2. The van der Waals surface area contributed by atoms with E-state index in [4.69, 9.17) is 23.1 Å². The van der Waals surface area contributed by atoms with Gasteiger partial charge in [0.1, 0.15) is 0 Å². The molecule has 6 nitrogen and oxygen atoms in total. The summed E-state index contributed by atoms with van der Waals surface area (Å²) in [5.74, 6) is -0.787. The molecule has 5 N–H and O–H groups in total. The number of carbonyl (C=O) groups excluding carboxylic acids is 3. The molecule has 0 aliphatic carbocycles. The number of rotatable bonds is 10. The summed E-state index contributed by atoms with van der Waals surface area (Å²) in [5.41, 5.74) is 11.1. The van der Waals surface area contributed by atoms with E-state index in [0.717, 1.165) is 0 Å². The molecular formula is C16H22ClN3O3. The van der Waals surface area contributed by atoms with Gasteiger partial charge < -0.3 is 16.8 Å². The van der Waals surface area contributed by atoms with E-state index in [2.05, 4.69) is 5.32 Å². The summed E-state index contributed by atoms with van der Waals surface area (Å²) >= 11 is 5.75. The predicted molar refractivity (Wildman–Crippen MR) is 89.0 cm³/mol. The third kappa shape index (κ3) is 7.76. The molecule has 0 spiro atoms. The van der Waals surface area contributed by atoms with E-state index < -0.39 is 11.9 Å². The smallest absolute Gasteiger partial charge is 0.234 e. The zero-order valence-electron chi connectivity index (χ0n) is 12.9. The summed E-state index contributed by atoms with van der Waals surface area (Å²) in [4.78, 5) is 34.3. The minimum Gasteiger partial charge on any atom is -0.368 e. The van der Waals surface area contributed by atoms with Crippen LogP contribution in [0.3, 0.4) is 0 Å². The Morgan fingerprint density at radius 3 is 2.35 bits per heavy atom. The van der Waals surface area contributed by atoms with Crippen LogP contribution in [0.15, 0.2) is 24.3 Å². The second-order valence-corrected chi connectivity index (χ2v) is 5.72. The highest BCUT2D eigenvalue weighted by atomic mass is 35.5. The Morgan fingerprint density at radius 2 is 1.74 bits per heavy atom. The fraction of sp³-hybridized carbons (Fsp3) is 0.438. The Bertz CT molecular complexity index is 546. The van der Waals surface area contributed by atoms with Crippen LogP contribution in [-0.4, -0.2) is 30.2 Å². The SMILES string of the molecule is NC(=O)[C@@H](N)CCCCNC(=O)CCC(=O)c1ccc(Cl)cc1. The Kier molecular flexibility index (Phi) is 8.29. The number of benzene rings is 1. The maximum Gasteiger partial charge on any atom is 0.234 e. The molecule has 0 unspecified atom stereocenters. The molecule has 1 rings (SSSR count). The van der Waals surface area contributed by atoms with Crippen LogP contribution < -0.4 is 16.8 Å². The second-order valence-electron chi connectivity index (χ2n) is 5.28. The highest BCUT2D eigenvalue weighted by Crippen LogP contribution is 2.11. The number of carbonyl (C=O) groups is 3. The number of primary amides is 1. The monoisotopic (exact) mass is 339 g/mol. The second kappa shape index (κ2) is 9.97. The van der Waals surface area contributed by atoms with Crippen LogP contribution in [0, 0.1) is 0 Å². The fourth-order valence-corrected chi connectivity index (χ4v) is 2.08. The molecule has 1 aromatic carbocycles. The van der Waals surface area contributed by atoms with Crippen molar-refractivity contribution < 1.29 is 14.4 Å². The number of ketones is 1. The average molecular weight is 340 g/mol. The van der Waals surface area contributed by atoms with Gasteiger partial charge in [0, 0.05) is 30.0 Å². The Labute approximate surface area is 140 Å². The van der Waals surface area contributed by atoms with Crippen molar-refractivity contribution in [3.05, 3.63) is 34.9 Å². The van der Waals surface area contributed by atoms with Gasteiger partial charge in [-0.2, -0.15) is 0 Å². The summed E-state index contributed by atoms with van der Waals surface area (Å²) in [5, 5.41) is 3.30. The van der Waals surface area contributed by atoms with E-state index in [1.165, 1.54) is 0 Å². The van der Waals surface area contributed by atoms with Gasteiger partial charge in [-0.15, -0.1) is 0 Å². The standard InChI is InChI=1S/C16H22ClN3O3/c17-12-6-4-11(5-7-12)14(21)8-9-15(22)20-10-2-1-3-13(18)16(19)23/h4-7,13H,1-3,8-10,18H2,(H2,19,23)(H,20,22)/t13-/m0/s1. The average Bonchev–Trinajstić information content (AvgIpc) is 2.52. The summed E-state index contributed by atoms with van der Waals surface area (Å²) in [7, 11) is 0. The number of Topliss-reactive ketones (excluding diaryl/α,β-unsaturated/α-hetero) is 1. The molecular weight excluding hydrogens is 318 g/mol. The van der Waals surface area contributed by atoms with Crippen molar-refractivity contribution in [3.8, 4) is 0 Å². The number of hydrogen-bond acceptors (Lipinski definition) is 4. The maximum atomic E-state index is 11.9. The van der Waals surface area contributed by atoms with Gasteiger partial charge in [0.25, 0.3) is 0 Å². The quantitative estimate of drug-likeness (QED) is 0.441. The summed E-state index contributed by atoms with van der Waals surface area (Å²) < 4.78 is 0. The molecule has 2 amide bonds. The highest BCUT2D eigenvalue weighted by Gasteiger charge is 2.10. The van der Waals surface area contributed by atoms with Crippen LogP contribution in [-0.2, 0) is 9.59 Å². The first-order valence-electron chi connectivity index (χ1n) is 7.50. The normalized spacial score (nSPS) is 11.7. The first-order valence-corrected chi connectivity index (χ1v) is 7.88. The number of halogens is 1. The van der Waals surface area contributed by atoms with Gasteiger partial charge in [-0.3, -0.25) is 14.4 Å². The number of hydrogen-bond donors (Lipinski definition) is 3. The van der Waals surface area contributed by atoms with Crippen LogP contribution in [0.1, 0.15) is 42.5 Å². The molecule has 126 valence electrons. The molecule has 0 aliphatic rings. The molecule has 0 heterocycles. The Morgan fingerprint density at radius 1 is 1.09 bits per heavy atom. The molecule has 7 heteroatoms. The van der Waals surface area contributed by atoms with Gasteiger partial charge in [0.15, 0.2) is 5.78 Å². The van der Waals surface area contributed by atoms with Crippen LogP contribution in [0.5, 0.6) is 0 Å². The number of amides is 2. The molecule has 0 radical (unpaired) electrons. The van der Waals surface area contributed by atoms with Crippen molar-refractivity contribution in [1.82, 2.24) is 5.32 Å². The van der Waals surface area contributed by atoms with Crippen molar-refractivity contribution in [1.29, 1.82) is 0 Å².